The maximum atomic E-state index is 12.5. The summed E-state index contributed by atoms with van der Waals surface area (Å²) in [5, 5.41) is 3.16. The third-order valence-corrected chi connectivity index (χ3v) is 4.88. The molecule has 1 atom stereocenters. The minimum atomic E-state index is 0.0449. The summed E-state index contributed by atoms with van der Waals surface area (Å²) in [6, 6.07) is 12.2. The Balaban J connectivity index is 1.65. The van der Waals surface area contributed by atoms with Crippen molar-refractivity contribution in [2.45, 2.75) is 31.7 Å². The van der Waals surface area contributed by atoms with Crippen LogP contribution in [0.4, 0.5) is 0 Å². The van der Waals surface area contributed by atoms with E-state index in [1.54, 1.807) is 21.3 Å². The fourth-order valence-electron chi connectivity index (χ4n) is 3.58. The van der Waals surface area contributed by atoms with Crippen molar-refractivity contribution in [3.63, 3.8) is 0 Å². The molecule has 0 unspecified atom stereocenters. The van der Waals surface area contributed by atoms with E-state index in [9.17, 15) is 4.79 Å². The number of ether oxygens (including phenoxy) is 3. The Labute approximate surface area is 154 Å². The Morgan fingerprint density at radius 2 is 1.81 bits per heavy atom. The first-order valence-electron chi connectivity index (χ1n) is 8.83. The summed E-state index contributed by atoms with van der Waals surface area (Å²) in [4.78, 5) is 12.5. The fraction of sp³-hybridized carbons (Fsp3) is 0.381. The number of carbonyl (C=O) groups excluding carboxylic acids is 1. The van der Waals surface area contributed by atoms with Crippen LogP contribution in [0.1, 0.15) is 35.6 Å². The van der Waals surface area contributed by atoms with Gasteiger partial charge in [-0.25, -0.2) is 0 Å². The number of amides is 1. The molecule has 1 aliphatic carbocycles. The summed E-state index contributed by atoms with van der Waals surface area (Å²) in [6.45, 7) is 0. The lowest BCUT2D eigenvalue weighted by Gasteiger charge is -2.17. The van der Waals surface area contributed by atoms with Crippen LogP contribution in [-0.2, 0) is 17.6 Å². The van der Waals surface area contributed by atoms with Crippen molar-refractivity contribution < 1.29 is 19.0 Å². The lowest BCUT2D eigenvalue weighted by molar-refractivity contribution is -0.121. The highest BCUT2D eigenvalue weighted by Gasteiger charge is 2.23. The Hall–Kier alpha value is -2.69. The summed E-state index contributed by atoms with van der Waals surface area (Å²) >= 11 is 0. The van der Waals surface area contributed by atoms with E-state index in [0.717, 1.165) is 18.4 Å². The molecule has 5 heteroatoms. The highest BCUT2D eigenvalue weighted by molar-refractivity contribution is 5.77. The summed E-state index contributed by atoms with van der Waals surface area (Å²) in [7, 11) is 4.76. The minimum absolute atomic E-state index is 0.0449. The van der Waals surface area contributed by atoms with Crippen molar-refractivity contribution in [3.05, 3.63) is 53.1 Å². The lowest BCUT2D eigenvalue weighted by atomic mass is 10.1. The van der Waals surface area contributed by atoms with E-state index in [1.807, 2.05) is 24.3 Å². The average molecular weight is 355 g/mol. The van der Waals surface area contributed by atoms with Gasteiger partial charge < -0.3 is 19.5 Å². The van der Waals surface area contributed by atoms with Gasteiger partial charge in [0.25, 0.3) is 0 Å². The molecule has 2 aromatic rings. The number of hydrogen-bond donors (Lipinski definition) is 1. The lowest BCUT2D eigenvalue weighted by Crippen LogP contribution is -2.27. The SMILES string of the molecule is COc1ccc(CCC(=O)N[C@@H]2CCc3ccccc32)c(OC)c1OC. The minimum Gasteiger partial charge on any atom is -0.493 e. The van der Waals surface area contributed by atoms with Crippen LogP contribution >= 0.6 is 0 Å². The first kappa shape index (κ1) is 18.1. The summed E-state index contributed by atoms with van der Waals surface area (Å²) < 4.78 is 16.2. The molecule has 0 bridgehead atoms. The first-order chi connectivity index (χ1) is 12.7. The van der Waals surface area contributed by atoms with Gasteiger partial charge in [0.15, 0.2) is 11.5 Å². The van der Waals surface area contributed by atoms with Gasteiger partial charge in [-0.05, 0) is 42.0 Å². The molecule has 0 heterocycles. The number of aryl methyl sites for hydroxylation is 2. The molecule has 1 N–H and O–H groups in total. The average Bonchev–Trinajstić information content (AvgIpc) is 3.08. The summed E-state index contributed by atoms with van der Waals surface area (Å²) in [6.07, 6.45) is 2.95. The maximum Gasteiger partial charge on any atom is 0.220 e. The second-order valence-corrected chi connectivity index (χ2v) is 6.35. The molecule has 2 aromatic carbocycles. The molecule has 0 saturated carbocycles. The molecule has 0 aromatic heterocycles. The predicted octanol–water partition coefficient (Wildman–Crippen LogP) is 3.45. The quantitative estimate of drug-likeness (QED) is 0.826. The Kier molecular flexibility index (Phi) is 5.66. The Morgan fingerprint density at radius 3 is 2.54 bits per heavy atom. The largest absolute Gasteiger partial charge is 0.493 e. The van der Waals surface area contributed by atoms with Gasteiger partial charge in [0.1, 0.15) is 0 Å². The van der Waals surface area contributed by atoms with Gasteiger partial charge in [0.2, 0.25) is 11.7 Å². The number of carbonyl (C=O) groups is 1. The second kappa shape index (κ2) is 8.13. The van der Waals surface area contributed by atoms with Crippen molar-refractivity contribution in [1.82, 2.24) is 5.32 Å². The van der Waals surface area contributed by atoms with Crippen LogP contribution < -0.4 is 19.5 Å². The molecule has 1 aliphatic rings. The summed E-state index contributed by atoms with van der Waals surface area (Å²) in [5.74, 6) is 1.83. The van der Waals surface area contributed by atoms with Crippen LogP contribution in [0, 0.1) is 0 Å². The van der Waals surface area contributed by atoms with Gasteiger partial charge in [-0.1, -0.05) is 30.3 Å². The molecule has 0 aliphatic heterocycles. The van der Waals surface area contributed by atoms with E-state index in [2.05, 4.69) is 17.4 Å². The van der Waals surface area contributed by atoms with Gasteiger partial charge in [0.05, 0.1) is 27.4 Å². The van der Waals surface area contributed by atoms with Gasteiger partial charge >= 0.3 is 0 Å². The molecule has 0 saturated heterocycles. The molecular formula is C21H25NO4. The van der Waals surface area contributed by atoms with Crippen LogP contribution in [0.5, 0.6) is 17.2 Å². The van der Waals surface area contributed by atoms with Gasteiger partial charge in [0, 0.05) is 6.42 Å². The molecule has 138 valence electrons. The van der Waals surface area contributed by atoms with E-state index in [1.165, 1.54) is 11.1 Å². The van der Waals surface area contributed by atoms with Crippen LogP contribution in [0.3, 0.4) is 0 Å². The highest BCUT2D eigenvalue weighted by Crippen LogP contribution is 2.40. The smallest absolute Gasteiger partial charge is 0.220 e. The van der Waals surface area contributed by atoms with Crippen molar-refractivity contribution in [1.29, 1.82) is 0 Å². The fourth-order valence-corrected chi connectivity index (χ4v) is 3.58. The molecular weight excluding hydrogens is 330 g/mol. The standard InChI is InChI=1S/C21H25NO4/c1-24-18-12-9-15(20(25-2)21(18)26-3)10-13-19(23)22-17-11-8-14-6-4-5-7-16(14)17/h4-7,9,12,17H,8,10-11,13H2,1-3H3,(H,22,23)/t17-/m1/s1. The maximum absolute atomic E-state index is 12.5. The Bertz CT molecular complexity index is 788. The highest BCUT2D eigenvalue weighted by atomic mass is 16.5. The molecule has 0 spiro atoms. The van der Waals surface area contributed by atoms with Crippen LogP contribution in [-0.4, -0.2) is 27.2 Å². The number of fused-ring (bicyclic) bond motifs is 1. The van der Waals surface area contributed by atoms with Crippen molar-refractivity contribution in [2.75, 3.05) is 21.3 Å². The first-order valence-corrected chi connectivity index (χ1v) is 8.83. The Morgan fingerprint density at radius 1 is 1.04 bits per heavy atom. The van der Waals surface area contributed by atoms with E-state index in [-0.39, 0.29) is 11.9 Å². The van der Waals surface area contributed by atoms with E-state index in [0.29, 0.717) is 30.1 Å². The second-order valence-electron chi connectivity index (χ2n) is 6.35. The van der Waals surface area contributed by atoms with Gasteiger partial charge in [-0.15, -0.1) is 0 Å². The molecule has 26 heavy (non-hydrogen) atoms. The monoisotopic (exact) mass is 355 g/mol. The zero-order valence-corrected chi connectivity index (χ0v) is 15.5. The topological polar surface area (TPSA) is 56.8 Å². The number of rotatable bonds is 7. The van der Waals surface area contributed by atoms with E-state index < -0.39 is 0 Å². The zero-order chi connectivity index (χ0) is 18.5. The van der Waals surface area contributed by atoms with Gasteiger partial charge in [-0.2, -0.15) is 0 Å². The third-order valence-electron chi connectivity index (χ3n) is 4.88. The predicted molar refractivity (Wildman–Crippen MR) is 100 cm³/mol. The van der Waals surface area contributed by atoms with Crippen LogP contribution in [0.25, 0.3) is 0 Å². The molecule has 1 amide bonds. The third kappa shape index (κ3) is 3.62. The van der Waals surface area contributed by atoms with Crippen LogP contribution in [0.2, 0.25) is 0 Å². The number of benzene rings is 2. The number of nitrogens with one attached hydrogen (secondary N) is 1. The summed E-state index contributed by atoms with van der Waals surface area (Å²) in [5.41, 5.74) is 3.50. The number of methoxy groups -OCH3 is 3. The van der Waals surface area contributed by atoms with Crippen molar-refractivity contribution in [2.24, 2.45) is 0 Å². The molecule has 5 nitrogen and oxygen atoms in total. The van der Waals surface area contributed by atoms with Crippen molar-refractivity contribution in [3.8, 4) is 17.2 Å². The zero-order valence-electron chi connectivity index (χ0n) is 15.5. The molecule has 0 radical (unpaired) electrons. The van der Waals surface area contributed by atoms with Crippen molar-refractivity contribution >= 4 is 5.91 Å². The van der Waals surface area contributed by atoms with E-state index in [4.69, 9.17) is 14.2 Å². The normalized spacial score (nSPS) is 15.3. The molecule has 3 rings (SSSR count). The van der Waals surface area contributed by atoms with Crippen LogP contribution in [0.15, 0.2) is 36.4 Å². The van der Waals surface area contributed by atoms with Gasteiger partial charge in [-0.3, -0.25) is 4.79 Å². The molecule has 0 fully saturated rings. The van der Waals surface area contributed by atoms with E-state index >= 15 is 0 Å². The number of hydrogen-bond acceptors (Lipinski definition) is 4.